The molecular weight excluding hydrogens is 352 g/mol. The van der Waals surface area contributed by atoms with E-state index in [0.29, 0.717) is 31.1 Å². The number of nitrogens with one attached hydrogen (secondary N) is 2. The molecule has 0 bridgehead atoms. The highest BCUT2D eigenvalue weighted by atomic mass is 16.2. The molecule has 1 saturated carbocycles. The smallest absolute Gasteiger partial charge is 0.322 e. The Morgan fingerprint density at radius 2 is 1.71 bits per heavy atom. The summed E-state index contributed by atoms with van der Waals surface area (Å²) in [6, 6.07) is 14.3. The lowest BCUT2D eigenvalue weighted by Gasteiger charge is -2.25. The molecule has 1 aromatic heterocycles. The molecule has 2 fully saturated rings. The molecule has 2 aromatic carbocycles. The summed E-state index contributed by atoms with van der Waals surface area (Å²) < 4.78 is 0. The van der Waals surface area contributed by atoms with Gasteiger partial charge >= 0.3 is 6.03 Å². The number of urea groups is 1. The summed E-state index contributed by atoms with van der Waals surface area (Å²) in [6.07, 6.45) is 4.93. The fraction of sp³-hybridized carbons (Fsp3) is 0.318. The van der Waals surface area contributed by atoms with Crippen LogP contribution in [0.25, 0.3) is 11.0 Å². The first kappa shape index (κ1) is 17.0. The number of aromatic nitrogens is 2. The normalized spacial score (nSPS) is 20.7. The maximum Gasteiger partial charge on any atom is 0.322 e. The second kappa shape index (κ2) is 6.78. The third-order valence-electron chi connectivity index (χ3n) is 6.00. The summed E-state index contributed by atoms with van der Waals surface area (Å²) in [5.74, 6) is 0.848. The van der Waals surface area contributed by atoms with Crippen LogP contribution < -0.4 is 10.2 Å². The number of amides is 2. The Morgan fingerprint density at radius 3 is 2.50 bits per heavy atom. The zero-order valence-corrected chi connectivity index (χ0v) is 15.5. The minimum Gasteiger partial charge on any atom is -0.345 e. The number of benzene rings is 2. The predicted molar refractivity (Wildman–Crippen MR) is 107 cm³/mol. The summed E-state index contributed by atoms with van der Waals surface area (Å²) in [7, 11) is 0. The maximum absolute atomic E-state index is 12.5. The molecule has 0 radical (unpaired) electrons. The highest BCUT2D eigenvalue weighted by Crippen LogP contribution is 2.35. The second-order valence-corrected chi connectivity index (χ2v) is 7.66. The van der Waals surface area contributed by atoms with Crippen molar-refractivity contribution in [2.24, 2.45) is 0 Å². The number of ketones is 1. The number of aromatic amines is 1. The van der Waals surface area contributed by atoms with Gasteiger partial charge in [0.15, 0.2) is 0 Å². The van der Waals surface area contributed by atoms with Crippen LogP contribution in [0.5, 0.6) is 0 Å². The number of nitrogens with zero attached hydrogens (tertiary/aromatic N) is 2. The lowest BCUT2D eigenvalue weighted by atomic mass is 9.83. The van der Waals surface area contributed by atoms with Gasteiger partial charge in [0.05, 0.1) is 23.4 Å². The van der Waals surface area contributed by atoms with E-state index in [2.05, 4.69) is 39.6 Å². The quantitative estimate of drug-likeness (QED) is 0.726. The van der Waals surface area contributed by atoms with Crippen molar-refractivity contribution in [3.8, 4) is 0 Å². The van der Waals surface area contributed by atoms with Crippen molar-refractivity contribution in [2.45, 2.75) is 37.6 Å². The highest BCUT2D eigenvalue weighted by molar-refractivity contribution is 5.97. The molecule has 28 heavy (non-hydrogen) atoms. The minimum absolute atomic E-state index is 0.0501. The van der Waals surface area contributed by atoms with Crippen molar-refractivity contribution in [1.29, 1.82) is 0 Å². The van der Waals surface area contributed by atoms with E-state index in [0.717, 1.165) is 35.1 Å². The number of H-pyrrole nitrogens is 1. The van der Waals surface area contributed by atoms with E-state index in [1.54, 1.807) is 6.33 Å². The number of carbonyl (C=O) groups is 2. The van der Waals surface area contributed by atoms with Crippen molar-refractivity contribution in [1.82, 2.24) is 15.3 Å². The zero-order chi connectivity index (χ0) is 19.1. The Hall–Kier alpha value is -3.15. The van der Waals surface area contributed by atoms with Crippen molar-refractivity contribution >= 4 is 28.5 Å². The largest absolute Gasteiger partial charge is 0.345 e. The van der Waals surface area contributed by atoms with Crippen molar-refractivity contribution in [3.05, 3.63) is 59.9 Å². The van der Waals surface area contributed by atoms with Crippen molar-refractivity contribution in [2.75, 3.05) is 11.4 Å². The molecule has 1 aliphatic carbocycles. The molecule has 2 amide bonds. The number of anilines is 1. The SMILES string of the molecule is O=C1CCC(c2ccc(C3CNC(=O)N3c3ccc4[nH]cnc4c3)cc2)CC1. The summed E-state index contributed by atoms with van der Waals surface area (Å²) >= 11 is 0. The molecule has 0 spiro atoms. The van der Waals surface area contributed by atoms with Gasteiger partial charge in [0, 0.05) is 25.1 Å². The van der Waals surface area contributed by atoms with Gasteiger partial charge in [-0.2, -0.15) is 0 Å². The molecule has 2 aliphatic rings. The van der Waals surface area contributed by atoms with Gasteiger partial charge in [-0.25, -0.2) is 9.78 Å². The third-order valence-corrected chi connectivity index (χ3v) is 6.00. The van der Waals surface area contributed by atoms with E-state index < -0.39 is 0 Å². The monoisotopic (exact) mass is 374 g/mol. The Labute approximate surface area is 163 Å². The number of rotatable bonds is 3. The van der Waals surface area contributed by atoms with Crippen LogP contribution in [0.2, 0.25) is 0 Å². The molecule has 1 unspecified atom stereocenters. The van der Waals surface area contributed by atoms with E-state index in [-0.39, 0.29) is 12.1 Å². The van der Waals surface area contributed by atoms with Crippen LogP contribution in [-0.4, -0.2) is 28.3 Å². The fourth-order valence-electron chi connectivity index (χ4n) is 4.40. The molecule has 6 nitrogen and oxygen atoms in total. The molecule has 2 heterocycles. The molecule has 2 N–H and O–H groups in total. The summed E-state index contributed by atoms with van der Waals surface area (Å²) in [5.41, 5.74) is 5.04. The fourth-order valence-corrected chi connectivity index (χ4v) is 4.40. The van der Waals surface area contributed by atoms with Crippen LogP contribution in [0, 0.1) is 0 Å². The van der Waals surface area contributed by atoms with Crippen molar-refractivity contribution in [3.63, 3.8) is 0 Å². The van der Waals surface area contributed by atoms with E-state index in [9.17, 15) is 9.59 Å². The Balaban J connectivity index is 1.41. The minimum atomic E-state index is -0.0882. The Morgan fingerprint density at radius 1 is 0.964 bits per heavy atom. The van der Waals surface area contributed by atoms with Crippen LogP contribution in [0.15, 0.2) is 48.8 Å². The second-order valence-electron chi connectivity index (χ2n) is 7.66. The summed E-state index contributed by atoms with van der Waals surface area (Å²) in [5, 5.41) is 2.96. The van der Waals surface area contributed by atoms with E-state index in [4.69, 9.17) is 0 Å². The van der Waals surface area contributed by atoms with Gasteiger partial charge in [0.25, 0.3) is 0 Å². The molecule has 1 aliphatic heterocycles. The van der Waals surface area contributed by atoms with Gasteiger partial charge in [-0.3, -0.25) is 9.69 Å². The van der Waals surface area contributed by atoms with Crippen molar-refractivity contribution < 1.29 is 9.59 Å². The molecule has 142 valence electrons. The van der Waals surface area contributed by atoms with Gasteiger partial charge in [-0.05, 0) is 48.1 Å². The first-order chi connectivity index (χ1) is 13.7. The molecular formula is C22H22N4O2. The maximum atomic E-state index is 12.5. The van der Waals surface area contributed by atoms with Crippen LogP contribution in [-0.2, 0) is 4.79 Å². The number of Topliss-reactive ketones (excluding diaryl/α,β-unsaturated/α-hetero) is 1. The average Bonchev–Trinajstić information content (AvgIpc) is 3.34. The molecule has 6 heteroatoms. The first-order valence-electron chi connectivity index (χ1n) is 9.81. The lowest BCUT2D eigenvalue weighted by Crippen LogP contribution is -2.29. The number of imidazole rings is 1. The topological polar surface area (TPSA) is 78.1 Å². The molecule has 5 rings (SSSR count). The van der Waals surface area contributed by atoms with Gasteiger partial charge in [0.1, 0.15) is 5.78 Å². The average molecular weight is 374 g/mol. The molecule has 3 aromatic rings. The van der Waals surface area contributed by atoms with Gasteiger partial charge in [-0.1, -0.05) is 24.3 Å². The van der Waals surface area contributed by atoms with E-state index in [1.165, 1.54) is 5.56 Å². The Bertz CT molecular complexity index is 1030. The van der Waals surface area contributed by atoms with E-state index in [1.807, 2.05) is 23.1 Å². The number of carbonyl (C=O) groups excluding carboxylic acids is 2. The van der Waals surface area contributed by atoms with Gasteiger partial charge in [0.2, 0.25) is 0 Å². The van der Waals surface area contributed by atoms with Crippen LogP contribution >= 0.6 is 0 Å². The third kappa shape index (κ3) is 2.95. The van der Waals surface area contributed by atoms with Gasteiger partial charge in [-0.15, -0.1) is 0 Å². The number of fused-ring (bicyclic) bond motifs is 1. The molecule has 1 atom stereocenters. The first-order valence-corrected chi connectivity index (χ1v) is 9.81. The standard InChI is InChI=1S/C22H22N4O2/c27-18-8-5-15(6-9-18)14-1-3-16(4-2-14)21-12-23-22(28)26(21)17-7-10-19-20(11-17)25-13-24-19/h1-4,7,10-11,13,15,21H,5-6,8-9,12H2,(H,23,28)(H,24,25). The lowest BCUT2D eigenvalue weighted by molar-refractivity contribution is -0.120. The number of hydrogen-bond acceptors (Lipinski definition) is 3. The predicted octanol–water partition coefficient (Wildman–Crippen LogP) is 4.06. The van der Waals surface area contributed by atoms with Crippen LogP contribution in [0.1, 0.15) is 48.8 Å². The van der Waals surface area contributed by atoms with Crippen LogP contribution in [0.3, 0.4) is 0 Å². The summed E-state index contributed by atoms with van der Waals surface area (Å²) in [6.45, 7) is 0.578. The van der Waals surface area contributed by atoms with E-state index >= 15 is 0 Å². The van der Waals surface area contributed by atoms with Crippen LogP contribution in [0.4, 0.5) is 10.5 Å². The number of hydrogen-bond donors (Lipinski definition) is 2. The highest BCUT2D eigenvalue weighted by Gasteiger charge is 2.33. The van der Waals surface area contributed by atoms with Gasteiger partial charge < -0.3 is 10.3 Å². The Kier molecular flexibility index (Phi) is 4.11. The zero-order valence-electron chi connectivity index (χ0n) is 15.5. The molecule has 1 saturated heterocycles. The summed E-state index contributed by atoms with van der Waals surface area (Å²) in [4.78, 5) is 33.2.